The molecule has 0 radical (unpaired) electrons. The van der Waals surface area contributed by atoms with E-state index in [1.807, 2.05) is 13.8 Å². The summed E-state index contributed by atoms with van der Waals surface area (Å²) in [5, 5.41) is 0. The molecule has 0 spiro atoms. The van der Waals surface area contributed by atoms with Crippen molar-refractivity contribution in [2.24, 2.45) is 0 Å². The maximum atomic E-state index is 11.8. The minimum absolute atomic E-state index is 0.0107. The average molecular weight is 301 g/mol. The first-order chi connectivity index (χ1) is 9.02. The molecule has 0 aliphatic carbocycles. The number of carbonyl (C=O) groups is 1. The number of unbranched alkanes of at least 4 members (excludes halogenated alkanes) is 3. The first-order valence-electron chi connectivity index (χ1n) is 6.91. The minimum Gasteiger partial charge on any atom is -0.462 e. The summed E-state index contributed by atoms with van der Waals surface area (Å²) in [7, 11) is 0. The van der Waals surface area contributed by atoms with E-state index in [0.29, 0.717) is 10.4 Å². The maximum absolute atomic E-state index is 11.8. The van der Waals surface area contributed by atoms with Gasteiger partial charge in [-0.3, -0.25) is 4.79 Å². The monoisotopic (exact) mass is 301 g/mol. The number of thiazole rings is 1. The van der Waals surface area contributed by atoms with Crippen LogP contribution in [0.4, 0.5) is 0 Å². The lowest BCUT2D eigenvalue weighted by atomic mass is 10.1. The van der Waals surface area contributed by atoms with E-state index in [2.05, 4.69) is 11.9 Å². The molecule has 1 aromatic rings. The molecule has 0 saturated heterocycles. The highest BCUT2D eigenvalue weighted by atomic mass is 32.1. The highest BCUT2D eigenvalue weighted by Crippen LogP contribution is 2.16. The van der Waals surface area contributed by atoms with Gasteiger partial charge in [-0.1, -0.05) is 26.2 Å². The van der Waals surface area contributed by atoms with Gasteiger partial charge in [0.1, 0.15) is 0 Å². The normalized spacial score (nSPS) is 12.4. The Labute approximate surface area is 124 Å². The van der Waals surface area contributed by atoms with Crippen molar-refractivity contribution < 1.29 is 9.53 Å². The van der Waals surface area contributed by atoms with Gasteiger partial charge in [0.2, 0.25) is 0 Å². The molecule has 3 nitrogen and oxygen atoms in total. The van der Waals surface area contributed by atoms with Gasteiger partial charge in [0.25, 0.3) is 0 Å². The lowest BCUT2D eigenvalue weighted by Gasteiger charge is -2.12. The third-order valence-electron chi connectivity index (χ3n) is 3.03. The molecule has 0 aliphatic heterocycles. The number of H-pyrrole nitrogens is 1. The van der Waals surface area contributed by atoms with E-state index in [9.17, 15) is 4.79 Å². The zero-order valence-corrected chi connectivity index (χ0v) is 13.6. The summed E-state index contributed by atoms with van der Waals surface area (Å²) in [6.45, 7) is 6.09. The molecular weight excluding hydrogens is 278 g/mol. The molecule has 19 heavy (non-hydrogen) atoms. The molecule has 0 amide bonds. The predicted octanol–water partition coefficient (Wildman–Crippen LogP) is 4.56. The van der Waals surface area contributed by atoms with Crippen LogP contribution in [0, 0.1) is 10.9 Å². The molecule has 1 heterocycles. The van der Waals surface area contributed by atoms with Gasteiger partial charge < -0.3 is 9.72 Å². The number of aromatic amines is 1. The molecular formula is C14H23NO2S2. The Morgan fingerprint density at radius 2 is 2.16 bits per heavy atom. The number of aromatic nitrogens is 1. The van der Waals surface area contributed by atoms with Crippen molar-refractivity contribution in [2.45, 2.75) is 65.4 Å². The Bertz CT molecular complexity index is 451. The summed E-state index contributed by atoms with van der Waals surface area (Å²) < 4.78 is 6.13. The van der Waals surface area contributed by atoms with Crippen molar-refractivity contribution in [3.8, 4) is 0 Å². The molecule has 1 atom stereocenters. The van der Waals surface area contributed by atoms with Crippen molar-refractivity contribution in [2.75, 3.05) is 0 Å². The van der Waals surface area contributed by atoms with Gasteiger partial charge in [-0.2, -0.15) is 0 Å². The lowest BCUT2D eigenvalue weighted by Crippen LogP contribution is -2.16. The molecule has 1 aromatic heterocycles. The summed E-state index contributed by atoms with van der Waals surface area (Å²) in [5.74, 6) is -0.156. The molecule has 1 unspecified atom stereocenters. The fraction of sp³-hybridized carbons (Fsp3) is 0.714. The van der Waals surface area contributed by atoms with E-state index < -0.39 is 0 Å². The van der Waals surface area contributed by atoms with Gasteiger partial charge in [0, 0.05) is 10.6 Å². The molecule has 0 fully saturated rings. The number of aryl methyl sites for hydroxylation is 1. The second kappa shape index (κ2) is 8.48. The summed E-state index contributed by atoms with van der Waals surface area (Å²) in [4.78, 5) is 15.8. The molecule has 0 aliphatic rings. The van der Waals surface area contributed by atoms with Crippen LogP contribution in [0.25, 0.3) is 0 Å². The summed E-state index contributed by atoms with van der Waals surface area (Å²) >= 11 is 6.51. The van der Waals surface area contributed by atoms with Crippen LogP contribution < -0.4 is 0 Å². The largest absolute Gasteiger partial charge is 0.462 e. The summed E-state index contributed by atoms with van der Waals surface area (Å²) in [5.41, 5.74) is 0.975. The van der Waals surface area contributed by atoms with Crippen LogP contribution in [0.2, 0.25) is 0 Å². The standard InChI is InChI=1S/C14H23NO2S2/c1-4-5-6-7-8-10(2)17-13(16)9-12-11(3)15-14(18)19-12/h10H,4-9H2,1-3H3,(H,15,18). The van der Waals surface area contributed by atoms with E-state index in [0.717, 1.165) is 23.4 Å². The minimum atomic E-state index is -0.156. The quantitative estimate of drug-likeness (QED) is 0.435. The first-order valence-corrected chi connectivity index (χ1v) is 8.13. The van der Waals surface area contributed by atoms with Crippen molar-refractivity contribution in [3.63, 3.8) is 0 Å². The molecule has 0 bridgehead atoms. The Morgan fingerprint density at radius 3 is 2.74 bits per heavy atom. The second-order valence-corrected chi connectivity index (χ2v) is 6.66. The Hall–Kier alpha value is -0.680. The van der Waals surface area contributed by atoms with Crippen LogP contribution in [-0.2, 0) is 16.0 Å². The van der Waals surface area contributed by atoms with Crippen molar-refractivity contribution in [3.05, 3.63) is 14.5 Å². The lowest BCUT2D eigenvalue weighted by molar-refractivity contribution is -0.147. The summed E-state index contributed by atoms with van der Waals surface area (Å²) in [6.07, 6.45) is 6.12. The van der Waals surface area contributed by atoms with E-state index in [-0.39, 0.29) is 12.1 Å². The van der Waals surface area contributed by atoms with Gasteiger partial charge in [0.15, 0.2) is 3.95 Å². The third-order valence-corrected chi connectivity index (χ3v) is 4.36. The van der Waals surface area contributed by atoms with Crippen LogP contribution in [0.3, 0.4) is 0 Å². The van der Waals surface area contributed by atoms with Crippen LogP contribution >= 0.6 is 23.6 Å². The molecule has 108 valence electrons. The third kappa shape index (κ3) is 6.34. The number of carbonyl (C=O) groups excluding carboxylic acids is 1. The van der Waals surface area contributed by atoms with E-state index in [1.54, 1.807) is 0 Å². The highest BCUT2D eigenvalue weighted by Gasteiger charge is 2.13. The van der Waals surface area contributed by atoms with E-state index in [4.69, 9.17) is 17.0 Å². The topological polar surface area (TPSA) is 42.1 Å². The Balaban J connectivity index is 2.30. The van der Waals surface area contributed by atoms with Gasteiger partial charge in [-0.15, -0.1) is 11.3 Å². The Morgan fingerprint density at radius 1 is 1.42 bits per heavy atom. The number of ether oxygens (including phenoxy) is 1. The number of hydrogen-bond donors (Lipinski definition) is 1. The number of nitrogens with one attached hydrogen (secondary N) is 1. The number of rotatable bonds is 8. The van der Waals surface area contributed by atoms with Gasteiger partial charge in [-0.25, -0.2) is 0 Å². The fourth-order valence-electron chi connectivity index (χ4n) is 1.92. The fourth-order valence-corrected chi connectivity index (χ4v) is 3.20. The smallest absolute Gasteiger partial charge is 0.311 e. The van der Waals surface area contributed by atoms with Crippen LogP contribution in [0.1, 0.15) is 56.5 Å². The van der Waals surface area contributed by atoms with E-state index in [1.165, 1.54) is 30.6 Å². The van der Waals surface area contributed by atoms with Gasteiger partial charge in [-0.05, 0) is 38.9 Å². The van der Waals surface area contributed by atoms with Gasteiger partial charge >= 0.3 is 5.97 Å². The molecule has 1 rings (SSSR count). The van der Waals surface area contributed by atoms with Gasteiger partial charge in [0.05, 0.1) is 12.5 Å². The zero-order valence-electron chi connectivity index (χ0n) is 12.0. The molecule has 5 heteroatoms. The zero-order chi connectivity index (χ0) is 14.3. The predicted molar refractivity (Wildman–Crippen MR) is 82.3 cm³/mol. The van der Waals surface area contributed by atoms with Crippen LogP contribution in [0.5, 0.6) is 0 Å². The SMILES string of the molecule is CCCCCCC(C)OC(=O)Cc1sc(=S)[nH]c1C. The van der Waals surface area contributed by atoms with Crippen LogP contribution in [0.15, 0.2) is 0 Å². The first kappa shape index (κ1) is 16.4. The maximum Gasteiger partial charge on any atom is 0.311 e. The average Bonchev–Trinajstić information content (AvgIpc) is 2.63. The number of esters is 1. The van der Waals surface area contributed by atoms with Crippen LogP contribution in [-0.4, -0.2) is 17.1 Å². The van der Waals surface area contributed by atoms with Crippen molar-refractivity contribution in [1.29, 1.82) is 0 Å². The van der Waals surface area contributed by atoms with Crippen molar-refractivity contribution >= 4 is 29.5 Å². The van der Waals surface area contributed by atoms with E-state index >= 15 is 0 Å². The van der Waals surface area contributed by atoms with Crippen molar-refractivity contribution in [1.82, 2.24) is 4.98 Å². The summed E-state index contributed by atoms with van der Waals surface area (Å²) in [6, 6.07) is 0. The second-order valence-electron chi connectivity index (χ2n) is 4.89. The highest BCUT2D eigenvalue weighted by molar-refractivity contribution is 7.73. The molecule has 0 aromatic carbocycles. The molecule has 0 saturated carbocycles. The number of hydrogen-bond acceptors (Lipinski definition) is 4. The Kier molecular flexibility index (Phi) is 7.31. The molecule has 1 N–H and O–H groups in total.